The highest BCUT2D eigenvalue weighted by Gasteiger charge is 2.19. The summed E-state index contributed by atoms with van der Waals surface area (Å²) in [6.45, 7) is 2.92. The number of piperidine rings is 1. The van der Waals surface area contributed by atoms with Crippen molar-refractivity contribution in [3.05, 3.63) is 36.0 Å². The van der Waals surface area contributed by atoms with E-state index in [1.54, 1.807) is 7.11 Å². The van der Waals surface area contributed by atoms with Gasteiger partial charge in [-0.1, -0.05) is 18.2 Å². The number of hydrogen-bond donors (Lipinski definition) is 1. The Balaban J connectivity index is 1.80. The minimum atomic E-state index is 0.349. The first kappa shape index (κ1) is 13.3. The zero-order valence-electron chi connectivity index (χ0n) is 11.9. The monoisotopic (exact) mass is 271 g/mol. The third kappa shape index (κ3) is 2.76. The molecule has 20 heavy (non-hydrogen) atoms. The molecular weight excluding hydrogens is 250 g/mol. The van der Waals surface area contributed by atoms with E-state index in [-0.39, 0.29) is 0 Å². The lowest BCUT2D eigenvalue weighted by Crippen LogP contribution is -2.38. The number of pyridine rings is 1. The van der Waals surface area contributed by atoms with Gasteiger partial charge in [0.15, 0.2) is 0 Å². The fraction of sp³-hybridized carbons (Fsp3) is 0.438. The van der Waals surface area contributed by atoms with Gasteiger partial charge in [0.2, 0.25) is 0 Å². The SMILES string of the molecule is COC1CCCN(Cc2cc(N)c3ccccc3n2)C1. The van der Waals surface area contributed by atoms with Crippen molar-refractivity contribution >= 4 is 16.6 Å². The Kier molecular flexibility index (Phi) is 3.85. The molecule has 1 aliphatic rings. The van der Waals surface area contributed by atoms with Gasteiger partial charge in [-0.15, -0.1) is 0 Å². The third-order valence-corrected chi connectivity index (χ3v) is 3.98. The predicted molar refractivity (Wildman–Crippen MR) is 81.5 cm³/mol. The lowest BCUT2D eigenvalue weighted by atomic mass is 10.1. The Morgan fingerprint density at radius 2 is 2.25 bits per heavy atom. The van der Waals surface area contributed by atoms with Crippen LogP contribution in [0.1, 0.15) is 18.5 Å². The smallest absolute Gasteiger partial charge is 0.0726 e. The second kappa shape index (κ2) is 5.77. The van der Waals surface area contributed by atoms with Crippen LogP contribution in [0.15, 0.2) is 30.3 Å². The molecule has 0 radical (unpaired) electrons. The zero-order valence-corrected chi connectivity index (χ0v) is 11.9. The van der Waals surface area contributed by atoms with Crippen LogP contribution in [0, 0.1) is 0 Å². The van der Waals surface area contributed by atoms with Gasteiger partial charge in [0.1, 0.15) is 0 Å². The summed E-state index contributed by atoms with van der Waals surface area (Å²) in [7, 11) is 1.79. The third-order valence-electron chi connectivity index (χ3n) is 3.98. The number of rotatable bonds is 3. The van der Waals surface area contributed by atoms with E-state index >= 15 is 0 Å². The Bertz CT molecular complexity index is 599. The average molecular weight is 271 g/mol. The first-order chi connectivity index (χ1) is 9.76. The van der Waals surface area contributed by atoms with Gasteiger partial charge in [0.05, 0.1) is 17.3 Å². The molecule has 1 atom stereocenters. The van der Waals surface area contributed by atoms with Crippen molar-refractivity contribution < 1.29 is 4.74 Å². The minimum absolute atomic E-state index is 0.349. The number of para-hydroxylation sites is 1. The largest absolute Gasteiger partial charge is 0.398 e. The lowest BCUT2D eigenvalue weighted by molar-refractivity contribution is 0.0282. The molecule has 0 saturated carbocycles. The van der Waals surface area contributed by atoms with Gasteiger partial charge in [0.25, 0.3) is 0 Å². The highest BCUT2D eigenvalue weighted by atomic mass is 16.5. The van der Waals surface area contributed by atoms with Gasteiger partial charge in [-0.25, -0.2) is 0 Å². The summed E-state index contributed by atoms with van der Waals surface area (Å²) in [6, 6.07) is 10.0. The molecular formula is C16H21N3O. The summed E-state index contributed by atoms with van der Waals surface area (Å²) < 4.78 is 5.47. The topological polar surface area (TPSA) is 51.4 Å². The number of hydrogen-bond acceptors (Lipinski definition) is 4. The number of nitrogen functional groups attached to an aromatic ring is 1. The molecule has 2 aromatic rings. The zero-order chi connectivity index (χ0) is 13.9. The minimum Gasteiger partial charge on any atom is -0.398 e. The molecule has 4 nitrogen and oxygen atoms in total. The molecule has 4 heteroatoms. The molecule has 1 aromatic heterocycles. The number of nitrogens with two attached hydrogens (primary N) is 1. The summed E-state index contributed by atoms with van der Waals surface area (Å²) >= 11 is 0. The molecule has 106 valence electrons. The number of benzene rings is 1. The van der Waals surface area contributed by atoms with Crippen molar-refractivity contribution in [2.24, 2.45) is 0 Å². The Morgan fingerprint density at radius 1 is 1.40 bits per heavy atom. The number of methoxy groups -OCH3 is 1. The summed E-state index contributed by atoms with van der Waals surface area (Å²) in [6.07, 6.45) is 2.68. The summed E-state index contributed by atoms with van der Waals surface area (Å²) in [5.74, 6) is 0. The summed E-state index contributed by atoms with van der Waals surface area (Å²) in [5, 5.41) is 1.03. The van der Waals surface area contributed by atoms with Gasteiger partial charge in [-0.3, -0.25) is 9.88 Å². The normalized spacial score (nSPS) is 20.4. The summed E-state index contributed by atoms with van der Waals surface area (Å²) in [4.78, 5) is 7.12. The molecule has 1 aromatic carbocycles. The highest BCUT2D eigenvalue weighted by molar-refractivity contribution is 5.90. The van der Waals surface area contributed by atoms with Crippen molar-refractivity contribution in [3.63, 3.8) is 0 Å². The molecule has 0 bridgehead atoms. The van der Waals surface area contributed by atoms with E-state index in [0.717, 1.165) is 48.3 Å². The number of aromatic nitrogens is 1. The van der Waals surface area contributed by atoms with E-state index in [1.165, 1.54) is 6.42 Å². The molecule has 0 spiro atoms. The Morgan fingerprint density at radius 3 is 3.10 bits per heavy atom. The summed E-state index contributed by atoms with van der Waals surface area (Å²) in [5.41, 5.74) is 8.96. The predicted octanol–water partition coefficient (Wildman–Crippen LogP) is 2.43. The van der Waals surface area contributed by atoms with Gasteiger partial charge < -0.3 is 10.5 Å². The van der Waals surface area contributed by atoms with E-state index in [1.807, 2.05) is 30.3 Å². The van der Waals surface area contributed by atoms with Gasteiger partial charge in [0, 0.05) is 31.3 Å². The Labute approximate surface area is 119 Å². The number of likely N-dealkylation sites (tertiary alicyclic amines) is 1. The number of ether oxygens (including phenoxy) is 1. The molecule has 3 rings (SSSR count). The van der Waals surface area contributed by atoms with Crippen molar-refractivity contribution in [2.75, 3.05) is 25.9 Å². The van der Waals surface area contributed by atoms with E-state index < -0.39 is 0 Å². The highest BCUT2D eigenvalue weighted by Crippen LogP contribution is 2.22. The standard InChI is InChI=1S/C16H21N3O/c1-20-13-5-4-8-19(11-13)10-12-9-15(17)14-6-2-3-7-16(14)18-12/h2-3,6-7,9,13H,4-5,8,10-11H2,1H3,(H2,17,18). The van der Waals surface area contributed by atoms with Crippen molar-refractivity contribution in [2.45, 2.75) is 25.5 Å². The van der Waals surface area contributed by atoms with Crippen LogP contribution >= 0.6 is 0 Å². The quantitative estimate of drug-likeness (QED) is 0.931. The van der Waals surface area contributed by atoms with Crippen LogP contribution in [0.4, 0.5) is 5.69 Å². The Hall–Kier alpha value is -1.65. The first-order valence-corrected chi connectivity index (χ1v) is 7.15. The van der Waals surface area contributed by atoms with E-state index in [2.05, 4.69) is 4.90 Å². The maximum absolute atomic E-state index is 6.13. The molecule has 1 aliphatic heterocycles. The average Bonchev–Trinajstić information content (AvgIpc) is 2.47. The number of fused-ring (bicyclic) bond motifs is 1. The molecule has 2 heterocycles. The molecule has 1 fully saturated rings. The fourth-order valence-electron chi connectivity index (χ4n) is 2.92. The van der Waals surface area contributed by atoms with Crippen molar-refractivity contribution in [1.29, 1.82) is 0 Å². The molecule has 0 amide bonds. The van der Waals surface area contributed by atoms with Crippen LogP contribution in [0.3, 0.4) is 0 Å². The van der Waals surface area contributed by atoms with Gasteiger partial charge in [-0.05, 0) is 31.5 Å². The van der Waals surface area contributed by atoms with Gasteiger partial charge in [-0.2, -0.15) is 0 Å². The van der Waals surface area contributed by atoms with Crippen LogP contribution in [0.2, 0.25) is 0 Å². The molecule has 0 aliphatic carbocycles. The second-order valence-corrected chi connectivity index (χ2v) is 5.46. The van der Waals surface area contributed by atoms with E-state index in [0.29, 0.717) is 6.10 Å². The number of nitrogens with zero attached hydrogens (tertiary/aromatic N) is 2. The molecule has 1 saturated heterocycles. The van der Waals surface area contributed by atoms with Crippen LogP contribution in [0.25, 0.3) is 10.9 Å². The van der Waals surface area contributed by atoms with Crippen molar-refractivity contribution in [1.82, 2.24) is 9.88 Å². The van der Waals surface area contributed by atoms with Crippen molar-refractivity contribution in [3.8, 4) is 0 Å². The van der Waals surface area contributed by atoms with Crippen LogP contribution in [0.5, 0.6) is 0 Å². The second-order valence-electron chi connectivity index (χ2n) is 5.46. The van der Waals surface area contributed by atoms with Crippen LogP contribution in [-0.2, 0) is 11.3 Å². The maximum atomic E-state index is 6.13. The lowest BCUT2D eigenvalue weighted by Gasteiger charge is -2.31. The maximum Gasteiger partial charge on any atom is 0.0726 e. The van der Waals surface area contributed by atoms with Crippen LogP contribution in [-0.4, -0.2) is 36.2 Å². The fourth-order valence-corrected chi connectivity index (χ4v) is 2.92. The first-order valence-electron chi connectivity index (χ1n) is 7.15. The molecule has 1 unspecified atom stereocenters. The molecule has 2 N–H and O–H groups in total. The van der Waals surface area contributed by atoms with E-state index in [4.69, 9.17) is 15.5 Å². The van der Waals surface area contributed by atoms with Gasteiger partial charge >= 0.3 is 0 Å². The van der Waals surface area contributed by atoms with E-state index in [9.17, 15) is 0 Å². The number of anilines is 1. The van der Waals surface area contributed by atoms with Crippen LogP contribution < -0.4 is 5.73 Å².